The fraction of sp³-hybridized carbons (Fsp3) is 0.273. The number of aromatic nitrogens is 2. The molecular formula is C11H12BrN3S. The van der Waals surface area contributed by atoms with Crippen molar-refractivity contribution in [2.24, 2.45) is 0 Å². The predicted octanol–water partition coefficient (Wildman–Crippen LogP) is 3.00. The average molecular weight is 298 g/mol. The Kier molecular flexibility index (Phi) is 3.68. The van der Waals surface area contributed by atoms with Crippen LogP contribution in [0.1, 0.15) is 10.6 Å². The number of nitrogens with zero attached hydrogens (tertiary/aromatic N) is 2. The summed E-state index contributed by atoms with van der Waals surface area (Å²) in [4.78, 5) is 10.1. The summed E-state index contributed by atoms with van der Waals surface area (Å²) in [5, 5.41) is 4.11. The van der Waals surface area contributed by atoms with Crippen molar-refractivity contribution in [3.05, 3.63) is 33.4 Å². The van der Waals surface area contributed by atoms with Gasteiger partial charge in [-0.15, -0.1) is 11.3 Å². The van der Waals surface area contributed by atoms with Crippen LogP contribution in [0.15, 0.2) is 22.8 Å². The Morgan fingerprint density at radius 3 is 3.00 bits per heavy atom. The first-order chi connectivity index (χ1) is 7.72. The van der Waals surface area contributed by atoms with Crippen LogP contribution in [-0.4, -0.2) is 17.0 Å². The number of hydrogen-bond acceptors (Lipinski definition) is 4. The van der Waals surface area contributed by atoms with Crippen molar-refractivity contribution in [2.75, 3.05) is 7.05 Å². The molecule has 0 amide bonds. The van der Waals surface area contributed by atoms with Gasteiger partial charge in [-0.05, 0) is 42.0 Å². The number of rotatable bonds is 3. The molecule has 0 saturated heterocycles. The molecule has 0 aliphatic rings. The molecule has 0 radical (unpaired) electrons. The van der Waals surface area contributed by atoms with Crippen molar-refractivity contribution in [1.82, 2.24) is 15.3 Å². The standard InChI is InChI=1S/C11H12BrN3S/c1-7-9(6-13-2)16-11(15-7)10-8(12)4-3-5-14-10/h3-5,13H,6H2,1-2H3. The Hall–Kier alpha value is -0.780. The van der Waals surface area contributed by atoms with Gasteiger partial charge in [0.15, 0.2) is 0 Å². The fourth-order valence-electron chi connectivity index (χ4n) is 1.40. The molecule has 0 saturated carbocycles. The minimum Gasteiger partial charge on any atom is -0.315 e. The lowest BCUT2D eigenvalue weighted by molar-refractivity contribution is 0.823. The number of pyridine rings is 1. The first kappa shape index (κ1) is 11.7. The molecule has 2 heterocycles. The second-order valence-electron chi connectivity index (χ2n) is 3.39. The van der Waals surface area contributed by atoms with Crippen molar-refractivity contribution in [1.29, 1.82) is 0 Å². The Morgan fingerprint density at radius 2 is 2.31 bits per heavy atom. The highest BCUT2D eigenvalue weighted by atomic mass is 79.9. The van der Waals surface area contributed by atoms with E-state index in [1.807, 2.05) is 26.1 Å². The van der Waals surface area contributed by atoms with E-state index in [0.29, 0.717) is 0 Å². The molecule has 0 atom stereocenters. The zero-order valence-electron chi connectivity index (χ0n) is 9.12. The van der Waals surface area contributed by atoms with Crippen LogP contribution in [0.25, 0.3) is 10.7 Å². The lowest BCUT2D eigenvalue weighted by atomic mass is 10.3. The summed E-state index contributed by atoms with van der Waals surface area (Å²) in [6.07, 6.45) is 1.79. The highest BCUT2D eigenvalue weighted by Gasteiger charge is 2.11. The summed E-state index contributed by atoms with van der Waals surface area (Å²) < 4.78 is 0.986. The summed E-state index contributed by atoms with van der Waals surface area (Å²) >= 11 is 5.18. The van der Waals surface area contributed by atoms with Gasteiger partial charge >= 0.3 is 0 Å². The lowest BCUT2D eigenvalue weighted by Gasteiger charge is -1.97. The van der Waals surface area contributed by atoms with Crippen LogP contribution < -0.4 is 5.32 Å². The van der Waals surface area contributed by atoms with Gasteiger partial charge in [0.25, 0.3) is 0 Å². The van der Waals surface area contributed by atoms with Crippen LogP contribution in [0.2, 0.25) is 0 Å². The van der Waals surface area contributed by atoms with Gasteiger partial charge in [-0.25, -0.2) is 4.98 Å². The van der Waals surface area contributed by atoms with E-state index in [0.717, 1.165) is 27.4 Å². The molecule has 3 nitrogen and oxygen atoms in total. The molecule has 0 bridgehead atoms. The third-order valence-electron chi connectivity index (χ3n) is 2.19. The second-order valence-corrected chi connectivity index (χ2v) is 5.33. The SMILES string of the molecule is CNCc1sc(-c2ncccc2Br)nc1C. The minimum absolute atomic E-state index is 0.855. The van der Waals surface area contributed by atoms with Crippen molar-refractivity contribution in [2.45, 2.75) is 13.5 Å². The van der Waals surface area contributed by atoms with Crippen LogP contribution in [0.4, 0.5) is 0 Å². The fourth-order valence-corrected chi connectivity index (χ4v) is 3.06. The largest absolute Gasteiger partial charge is 0.315 e. The van der Waals surface area contributed by atoms with Crippen molar-refractivity contribution >= 4 is 27.3 Å². The van der Waals surface area contributed by atoms with Gasteiger partial charge in [0.1, 0.15) is 10.7 Å². The first-order valence-electron chi connectivity index (χ1n) is 4.94. The number of nitrogens with one attached hydrogen (secondary N) is 1. The molecule has 2 aromatic rings. The molecule has 5 heteroatoms. The van der Waals surface area contributed by atoms with E-state index in [2.05, 4.69) is 31.2 Å². The predicted molar refractivity (Wildman–Crippen MR) is 70.5 cm³/mol. The molecule has 0 aliphatic carbocycles. The Morgan fingerprint density at radius 1 is 1.50 bits per heavy atom. The Balaban J connectivity index is 2.42. The first-order valence-corrected chi connectivity index (χ1v) is 6.55. The normalized spacial score (nSPS) is 10.7. The average Bonchev–Trinajstić information content (AvgIpc) is 2.61. The quantitative estimate of drug-likeness (QED) is 0.946. The third kappa shape index (κ3) is 2.31. The number of aryl methyl sites for hydroxylation is 1. The van der Waals surface area contributed by atoms with E-state index in [4.69, 9.17) is 0 Å². The highest BCUT2D eigenvalue weighted by Crippen LogP contribution is 2.30. The lowest BCUT2D eigenvalue weighted by Crippen LogP contribution is -2.04. The molecule has 1 N–H and O–H groups in total. The Labute approximate surface area is 107 Å². The van der Waals surface area contributed by atoms with Crippen molar-refractivity contribution in [3.63, 3.8) is 0 Å². The maximum atomic E-state index is 4.55. The highest BCUT2D eigenvalue weighted by molar-refractivity contribution is 9.10. The van der Waals surface area contributed by atoms with Crippen LogP contribution in [0, 0.1) is 6.92 Å². The third-order valence-corrected chi connectivity index (χ3v) is 4.00. The summed E-state index contributed by atoms with van der Waals surface area (Å²) in [5.74, 6) is 0. The van der Waals surface area contributed by atoms with Crippen molar-refractivity contribution in [3.8, 4) is 10.7 Å². The van der Waals surface area contributed by atoms with Crippen LogP contribution in [0.5, 0.6) is 0 Å². The van der Waals surface area contributed by atoms with E-state index < -0.39 is 0 Å². The summed E-state index contributed by atoms with van der Waals surface area (Å²) in [5.41, 5.74) is 1.99. The minimum atomic E-state index is 0.855. The van der Waals surface area contributed by atoms with Gasteiger partial charge in [-0.3, -0.25) is 4.98 Å². The van der Waals surface area contributed by atoms with E-state index in [1.54, 1.807) is 17.5 Å². The van der Waals surface area contributed by atoms with E-state index in [1.165, 1.54) is 4.88 Å². The number of thiazole rings is 1. The number of hydrogen-bond donors (Lipinski definition) is 1. The zero-order valence-corrected chi connectivity index (χ0v) is 11.5. The molecule has 2 rings (SSSR count). The van der Waals surface area contributed by atoms with Crippen LogP contribution in [0.3, 0.4) is 0 Å². The molecule has 0 unspecified atom stereocenters. The van der Waals surface area contributed by atoms with Gasteiger partial charge in [0.2, 0.25) is 0 Å². The summed E-state index contributed by atoms with van der Waals surface area (Å²) in [6, 6.07) is 3.89. The molecule has 0 fully saturated rings. The van der Waals surface area contributed by atoms with E-state index >= 15 is 0 Å². The van der Waals surface area contributed by atoms with Gasteiger partial charge in [0, 0.05) is 22.1 Å². The topological polar surface area (TPSA) is 37.8 Å². The van der Waals surface area contributed by atoms with Crippen LogP contribution in [-0.2, 0) is 6.54 Å². The molecule has 16 heavy (non-hydrogen) atoms. The maximum Gasteiger partial charge on any atom is 0.143 e. The zero-order chi connectivity index (χ0) is 11.5. The van der Waals surface area contributed by atoms with Gasteiger partial charge < -0.3 is 5.32 Å². The van der Waals surface area contributed by atoms with E-state index in [-0.39, 0.29) is 0 Å². The molecule has 0 spiro atoms. The van der Waals surface area contributed by atoms with Crippen molar-refractivity contribution < 1.29 is 0 Å². The van der Waals surface area contributed by atoms with Gasteiger partial charge in [0.05, 0.1) is 5.69 Å². The van der Waals surface area contributed by atoms with Gasteiger partial charge in [-0.1, -0.05) is 0 Å². The smallest absolute Gasteiger partial charge is 0.143 e. The number of halogens is 1. The summed E-state index contributed by atoms with van der Waals surface area (Å²) in [6.45, 7) is 2.89. The molecule has 0 aromatic carbocycles. The Bertz CT molecular complexity index is 496. The molecular weight excluding hydrogens is 286 g/mol. The van der Waals surface area contributed by atoms with E-state index in [9.17, 15) is 0 Å². The monoisotopic (exact) mass is 297 g/mol. The summed E-state index contributed by atoms with van der Waals surface area (Å²) in [7, 11) is 1.94. The maximum absolute atomic E-state index is 4.55. The molecule has 84 valence electrons. The second kappa shape index (κ2) is 5.03. The van der Waals surface area contributed by atoms with Crippen LogP contribution >= 0.6 is 27.3 Å². The molecule has 0 aliphatic heterocycles. The van der Waals surface area contributed by atoms with Gasteiger partial charge in [-0.2, -0.15) is 0 Å². The molecule has 2 aromatic heterocycles.